The van der Waals surface area contributed by atoms with Crippen LogP contribution in [0.4, 0.5) is 5.69 Å². The summed E-state index contributed by atoms with van der Waals surface area (Å²) in [5.41, 5.74) is 1.78. The lowest BCUT2D eigenvalue weighted by Crippen LogP contribution is -2.37. The standard InChI is InChI=1S/C20H19N5O4S/c1-13-4-6-14(7-5-13)23-16(26)10-25(2)17(27)11-29-20(28)15-12-30-19(24-15)18-21-8-3-9-22-18/h3-9,12H,10-11H2,1-2H3,(H,23,26). The molecule has 3 rings (SSSR count). The molecule has 0 aliphatic rings. The molecule has 10 heteroatoms. The number of esters is 1. The molecule has 2 amide bonds. The molecule has 1 N–H and O–H groups in total. The number of carbonyl (C=O) groups excluding carboxylic acids is 3. The number of anilines is 1. The van der Waals surface area contributed by atoms with Gasteiger partial charge in [-0.25, -0.2) is 19.7 Å². The van der Waals surface area contributed by atoms with E-state index in [1.807, 2.05) is 19.1 Å². The summed E-state index contributed by atoms with van der Waals surface area (Å²) in [6.07, 6.45) is 3.15. The van der Waals surface area contributed by atoms with Crippen LogP contribution in [-0.2, 0) is 14.3 Å². The molecule has 0 saturated carbocycles. The van der Waals surface area contributed by atoms with Crippen molar-refractivity contribution in [2.75, 3.05) is 25.5 Å². The highest BCUT2D eigenvalue weighted by atomic mass is 32.1. The van der Waals surface area contributed by atoms with E-state index >= 15 is 0 Å². The Balaban J connectivity index is 1.47. The number of nitrogens with zero attached hydrogens (tertiary/aromatic N) is 4. The molecule has 0 bridgehead atoms. The minimum atomic E-state index is -0.737. The summed E-state index contributed by atoms with van der Waals surface area (Å²) in [6, 6.07) is 8.98. The highest BCUT2D eigenvalue weighted by Gasteiger charge is 2.18. The first kappa shape index (κ1) is 21.1. The Hall–Kier alpha value is -3.66. The molecule has 0 aliphatic carbocycles. The minimum absolute atomic E-state index is 0.0648. The number of rotatable bonds is 7. The fourth-order valence-corrected chi connectivity index (χ4v) is 3.07. The summed E-state index contributed by atoms with van der Waals surface area (Å²) in [5.74, 6) is -1.20. The van der Waals surface area contributed by atoms with E-state index in [-0.39, 0.29) is 18.1 Å². The van der Waals surface area contributed by atoms with Crippen LogP contribution in [0.5, 0.6) is 0 Å². The van der Waals surface area contributed by atoms with Crippen molar-refractivity contribution in [2.24, 2.45) is 0 Å². The number of amides is 2. The maximum absolute atomic E-state index is 12.2. The van der Waals surface area contributed by atoms with Crippen molar-refractivity contribution in [3.63, 3.8) is 0 Å². The van der Waals surface area contributed by atoms with Gasteiger partial charge in [0.15, 0.2) is 23.1 Å². The Morgan fingerprint density at radius 1 is 1.13 bits per heavy atom. The summed E-state index contributed by atoms with van der Waals surface area (Å²) in [7, 11) is 1.46. The summed E-state index contributed by atoms with van der Waals surface area (Å²) < 4.78 is 5.01. The predicted octanol–water partition coefficient (Wildman–Crippen LogP) is 2.16. The average molecular weight is 425 g/mol. The molecule has 3 aromatic rings. The van der Waals surface area contributed by atoms with Crippen LogP contribution >= 0.6 is 11.3 Å². The monoisotopic (exact) mass is 425 g/mol. The smallest absolute Gasteiger partial charge is 0.358 e. The molecule has 9 nitrogen and oxygen atoms in total. The molecule has 154 valence electrons. The van der Waals surface area contributed by atoms with Crippen molar-refractivity contribution in [3.05, 3.63) is 59.4 Å². The van der Waals surface area contributed by atoms with Crippen molar-refractivity contribution in [1.29, 1.82) is 0 Å². The number of ether oxygens (including phenoxy) is 1. The maximum atomic E-state index is 12.2. The van der Waals surface area contributed by atoms with Crippen molar-refractivity contribution in [1.82, 2.24) is 19.9 Å². The number of likely N-dealkylation sites (N-methyl/N-ethyl adjacent to an activating group) is 1. The van der Waals surface area contributed by atoms with Gasteiger partial charge in [0.2, 0.25) is 5.91 Å². The zero-order valence-corrected chi connectivity index (χ0v) is 17.2. The van der Waals surface area contributed by atoms with E-state index in [1.54, 1.807) is 30.6 Å². The van der Waals surface area contributed by atoms with Gasteiger partial charge in [-0.2, -0.15) is 0 Å². The van der Waals surface area contributed by atoms with Gasteiger partial charge in [0.25, 0.3) is 5.91 Å². The summed E-state index contributed by atoms with van der Waals surface area (Å²) in [4.78, 5) is 49.8. The molecule has 0 unspecified atom stereocenters. The maximum Gasteiger partial charge on any atom is 0.358 e. The van der Waals surface area contributed by atoms with E-state index < -0.39 is 18.5 Å². The van der Waals surface area contributed by atoms with E-state index in [2.05, 4.69) is 20.3 Å². The van der Waals surface area contributed by atoms with Gasteiger partial charge in [0.1, 0.15) is 0 Å². The van der Waals surface area contributed by atoms with Crippen LogP contribution in [0.3, 0.4) is 0 Å². The van der Waals surface area contributed by atoms with Gasteiger partial charge in [-0.1, -0.05) is 17.7 Å². The molecule has 2 heterocycles. The Morgan fingerprint density at radius 2 is 1.83 bits per heavy atom. The first-order chi connectivity index (χ1) is 14.4. The topological polar surface area (TPSA) is 114 Å². The normalized spacial score (nSPS) is 10.3. The summed E-state index contributed by atoms with van der Waals surface area (Å²) in [6.45, 7) is 1.28. The number of thiazole rings is 1. The van der Waals surface area contributed by atoms with Crippen LogP contribution in [0.1, 0.15) is 16.1 Å². The summed E-state index contributed by atoms with van der Waals surface area (Å²) in [5, 5.41) is 4.69. The van der Waals surface area contributed by atoms with Gasteiger partial charge in [0, 0.05) is 30.5 Å². The first-order valence-corrected chi connectivity index (χ1v) is 9.81. The molecule has 2 aromatic heterocycles. The molecule has 0 saturated heterocycles. The van der Waals surface area contributed by atoms with E-state index in [0.717, 1.165) is 5.56 Å². The van der Waals surface area contributed by atoms with Crippen LogP contribution in [0, 0.1) is 6.92 Å². The lowest BCUT2D eigenvalue weighted by Gasteiger charge is -2.16. The van der Waals surface area contributed by atoms with Crippen LogP contribution in [0.15, 0.2) is 48.1 Å². The average Bonchev–Trinajstić information content (AvgIpc) is 3.24. The zero-order chi connectivity index (χ0) is 21.5. The lowest BCUT2D eigenvalue weighted by atomic mass is 10.2. The van der Waals surface area contributed by atoms with Gasteiger partial charge in [-0.15, -0.1) is 11.3 Å². The van der Waals surface area contributed by atoms with Crippen LogP contribution in [-0.4, -0.2) is 57.8 Å². The van der Waals surface area contributed by atoms with Gasteiger partial charge in [-0.3, -0.25) is 9.59 Å². The SMILES string of the molecule is Cc1ccc(NC(=O)CN(C)C(=O)COC(=O)c2csc(-c3ncccn3)n2)cc1. The van der Waals surface area contributed by atoms with Gasteiger partial charge in [0.05, 0.1) is 6.54 Å². The fraction of sp³-hybridized carbons (Fsp3) is 0.200. The number of carbonyl (C=O) groups is 3. The van der Waals surface area contributed by atoms with E-state index in [1.165, 1.54) is 28.7 Å². The number of hydrogen-bond acceptors (Lipinski definition) is 8. The molecule has 30 heavy (non-hydrogen) atoms. The van der Waals surface area contributed by atoms with E-state index in [9.17, 15) is 14.4 Å². The zero-order valence-electron chi connectivity index (χ0n) is 16.4. The van der Waals surface area contributed by atoms with Gasteiger partial charge < -0.3 is 15.0 Å². The second kappa shape index (κ2) is 9.70. The van der Waals surface area contributed by atoms with E-state index in [0.29, 0.717) is 16.5 Å². The fourth-order valence-electron chi connectivity index (χ4n) is 2.33. The van der Waals surface area contributed by atoms with Crippen molar-refractivity contribution >= 4 is 34.8 Å². The number of nitrogens with one attached hydrogen (secondary N) is 1. The highest BCUT2D eigenvalue weighted by Crippen LogP contribution is 2.19. The second-order valence-electron chi connectivity index (χ2n) is 6.35. The Bertz CT molecular complexity index is 1040. The number of aryl methyl sites for hydroxylation is 1. The Labute approximate surface area is 176 Å². The second-order valence-corrected chi connectivity index (χ2v) is 7.21. The van der Waals surface area contributed by atoms with Crippen molar-refractivity contribution in [3.8, 4) is 10.8 Å². The molecular weight excluding hydrogens is 406 g/mol. The largest absolute Gasteiger partial charge is 0.451 e. The quantitative estimate of drug-likeness (QED) is 0.577. The molecule has 0 aliphatic heterocycles. The number of aromatic nitrogens is 3. The molecule has 0 fully saturated rings. The minimum Gasteiger partial charge on any atom is -0.451 e. The lowest BCUT2D eigenvalue weighted by molar-refractivity contribution is -0.136. The third-order valence-corrected chi connectivity index (χ3v) is 4.78. The Kier molecular flexibility index (Phi) is 6.81. The highest BCUT2D eigenvalue weighted by molar-refractivity contribution is 7.13. The summed E-state index contributed by atoms with van der Waals surface area (Å²) >= 11 is 1.20. The Morgan fingerprint density at radius 3 is 2.53 bits per heavy atom. The van der Waals surface area contributed by atoms with Crippen LogP contribution < -0.4 is 5.32 Å². The molecule has 0 atom stereocenters. The van der Waals surface area contributed by atoms with Crippen molar-refractivity contribution < 1.29 is 19.1 Å². The van der Waals surface area contributed by atoms with Crippen LogP contribution in [0.2, 0.25) is 0 Å². The first-order valence-electron chi connectivity index (χ1n) is 8.93. The molecule has 0 spiro atoms. The number of benzene rings is 1. The van der Waals surface area contributed by atoms with Gasteiger partial charge in [-0.05, 0) is 25.1 Å². The van der Waals surface area contributed by atoms with E-state index in [4.69, 9.17) is 4.74 Å². The third-order valence-electron chi connectivity index (χ3n) is 3.94. The predicted molar refractivity (Wildman–Crippen MR) is 111 cm³/mol. The van der Waals surface area contributed by atoms with Crippen molar-refractivity contribution in [2.45, 2.75) is 6.92 Å². The molecule has 1 aromatic carbocycles. The van der Waals surface area contributed by atoms with Crippen LogP contribution in [0.25, 0.3) is 10.8 Å². The molecular formula is C20H19N5O4S. The third kappa shape index (κ3) is 5.67. The molecule has 0 radical (unpaired) electrons. The number of hydrogen-bond donors (Lipinski definition) is 1. The van der Waals surface area contributed by atoms with Gasteiger partial charge >= 0.3 is 5.97 Å².